The summed E-state index contributed by atoms with van der Waals surface area (Å²) in [7, 11) is 1.61. The quantitative estimate of drug-likeness (QED) is 0.663. The predicted octanol–water partition coefficient (Wildman–Crippen LogP) is 3.84. The van der Waals surface area contributed by atoms with Gasteiger partial charge in [-0.15, -0.1) is 0 Å². The minimum absolute atomic E-state index is 0.122. The summed E-state index contributed by atoms with van der Waals surface area (Å²) in [6.45, 7) is 2.06. The molecule has 0 atom stereocenters. The molecule has 0 bridgehead atoms. The van der Waals surface area contributed by atoms with Crippen molar-refractivity contribution in [2.24, 2.45) is 0 Å². The molecule has 0 fully saturated rings. The number of aromatic nitrogens is 2. The van der Waals surface area contributed by atoms with Crippen molar-refractivity contribution in [1.29, 1.82) is 0 Å². The highest BCUT2D eigenvalue weighted by Crippen LogP contribution is 2.20. The zero-order chi connectivity index (χ0) is 16.9. The molecule has 5 heteroatoms. The summed E-state index contributed by atoms with van der Waals surface area (Å²) < 4.78 is 6.82. The van der Waals surface area contributed by atoms with E-state index in [0.717, 1.165) is 5.69 Å². The summed E-state index contributed by atoms with van der Waals surface area (Å²) in [5, 5.41) is 0.488. The van der Waals surface area contributed by atoms with E-state index in [1.165, 1.54) is 22.9 Å². The first-order chi connectivity index (χ1) is 11.7. The number of rotatable bonds is 5. The van der Waals surface area contributed by atoms with Crippen LogP contribution in [0.5, 0.6) is 5.75 Å². The van der Waals surface area contributed by atoms with Crippen LogP contribution in [0, 0.1) is 6.92 Å². The second kappa shape index (κ2) is 7.36. The SMILES string of the molecule is COc1cccc(-n2ccnc(SCc3cccc(C)c3)c2=O)c1. The number of methoxy groups -OCH3 is 1. The summed E-state index contributed by atoms with van der Waals surface area (Å²) in [5.41, 5.74) is 3.03. The molecule has 3 rings (SSSR count). The monoisotopic (exact) mass is 338 g/mol. The molecule has 0 saturated heterocycles. The molecule has 0 spiro atoms. The first-order valence-corrected chi connectivity index (χ1v) is 8.56. The van der Waals surface area contributed by atoms with Crippen molar-refractivity contribution in [2.75, 3.05) is 7.11 Å². The number of hydrogen-bond acceptors (Lipinski definition) is 4. The number of aryl methyl sites for hydroxylation is 1. The number of thioether (sulfide) groups is 1. The summed E-state index contributed by atoms with van der Waals surface area (Å²) in [4.78, 5) is 16.9. The van der Waals surface area contributed by atoms with E-state index in [-0.39, 0.29) is 5.56 Å². The molecule has 2 aromatic carbocycles. The predicted molar refractivity (Wildman–Crippen MR) is 97.1 cm³/mol. The highest BCUT2D eigenvalue weighted by Gasteiger charge is 2.08. The van der Waals surface area contributed by atoms with Gasteiger partial charge in [0.2, 0.25) is 0 Å². The molecule has 0 N–H and O–H groups in total. The Morgan fingerprint density at radius 3 is 2.79 bits per heavy atom. The summed E-state index contributed by atoms with van der Waals surface area (Å²) in [6.07, 6.45) is 3.33. The van der Waals surface area contributed by atoms with Crippen molar-refractivity contribution >= 4 is 11.8 Å². The minimum Gasteiger partial charge on any atom is -0.497 e. The average Bonchev–Trinajstić information content (AvgIpc) is 2.61. The molecule has 122 valence electrons. The third-order valence-electron chi connectivity index (χ3n) is 3.60. The Kier molecular flexibility index (Phi) is 5.01. The van der Waals surface area contributed by atoms with E-state index >= 15 is 0 Å². The Bertz CT molecular complexity index is 906. The number of nitrogens with zero attached hydrogens (tertiary/aromatic N) is 2. The third kappa shape index (κ3) is 3.68. The number of benzene rings is 2. The van der Waals surface area contributed by atoms with Crippen molar-refractivity contribution < 1.29 is 4.74 Å². The van der Waals surface area contributed by atoms with Gasteiger partial charge in [-0.2, -0.15) is 0 Å². The highest BCUT2D eigenvalue weighted by atomic mass is 32.2. The minimum atomic E-state index is -0.122. The van der Waals surface area contributed by atoms with E-state index in [4.69, 9.17) is 4.74 Å². The molecule has 0 amide bonds. The van der Waals surface area contributed by atoms with Gasteiger partial charge in [0.15, 0.2) is 5.03 Å². The smallest absolute Gasteiger partial charge is 0.287 e. The molecule has 1 heterocycles. The lowest BCUT2D eigenvalue weighted by Gasteiger charge is -2.09. The van der Waals surface area contributed by atoms with E-state index in [1.54, 1.807) is 24.1 Å². The summed E-state index contributed by atoms with van der Waals surface area (Å²) >= 11 is 1.45. The van der Waals surface area contributed by atoms with Gasteiger partial charge >= 0.3 is 0 Å². The third-order valence-corrected chi connectivity index (χ3v) is 4.63. The first kappa shape index (κ1) is 16.3. The molecule has 4 nitrogen and oxygen atoms in total. The highest BCUT2D eigenvalue weighted by molar-refractivity contribution is 7.98. The molecule has 0 unspecified atom stereocenters. The van der Waals surface area contributed by atoms with E-state index in [9.17, 15) is 4.79 Å². The van der Waals surface area contributed by atoms with Crippen LogP contribution in [-0.4, -0.2) is 16.7 Å². The van der Waals surface area contributed by atoms with Gasteiger partial charge in [0.25, 0.3) is 5.56 Å². The van der Waals surface area contributed by atoms with Crippen molar-refractivity contribution in [3.8, 4) is 11.4 Å². The lowest BCUT2D eigenvalue weighted by atomic mass is 10.2. The first-order valence-electron chi connectivity index (χ1n) is 7.58. The van der Waals surface area contributed by atoms with Crippen LogP contribution in [0.1, 0.15) is 11.1 Å². The standard InChI is InChI=1S/C19H18N2O2S/c1-14-5-3-6-15(11-14)13-24-18-19(22)21(10-9-20-18)16-7-4-8-17(12-16)23-2/h3-12H,13H2,1-2H3. The van der Waals surface area contributed by atoms with Crippen LogP contribution in [-0.2, 0) is 5.75 Å². The Balaban J connectivity index is 1.87. The Morgan fingerprint density at radius 1 is 1.17 bits per heavy atom. The second-order valence-corrected chi connectivity index (χ2v) is 6.35. The van der Waals surface area contributed by atoms with Crippen LogP contribution >= 0.6 is 11.8 Å². The van der Waals surface area contributed by atoms with Gasteiger partial charge in [0.1, 0.15) is 5.75 Å². The normalized spacial score (nSPS) is 10.6. The average molecular weight is 338 g/mol. The number of ether oxygens (including phenoxy) is 1. The van der Waals surface area contributed by atoms with Gasteiger partial charge < -0.3 is 4.74 Å². The summed E-state index contributed by atoms with van der Waals surface area (Å²) in [5.74, 6) is 1.43. The van der Waals surface area contributed by atoms with Gasteiger partial charge in [0.05, 0.1) is 12.8 Å². The lowest BCUT2D eigenvalue weighted by Crippen LogP contribution is -2.20. The molecule has 0 radical (unpaired) electrons. The Labute approximate surface area is 145 Å². The maximum Gasteiger partial charge on any atom is 0.287 e. The van der Waals surface area contributed by atoms with Crippen molar-refractivity contribution in [1.82, 2.24) is 9.55 Å². The Morgan fingerprint density at radius 2 is 2.00 bits per heavy atom. The van der Waals surface area contributed by atoms with Crippen LogP contribution in [0.15, 0.2) is 70.7 Å². The van der Waals surface area contributed by atoms with Crippen molar-refractivity contribution in [3.63, 3.8) is 0 Å². The van der Waals surface area contributed by atoms with E-state index < -0.39 is 0 Å². The zero-order valence-corrected chi connectivity index (χ0v) is 14.4. The van der Waals surface area contributed by atoms with Crippen LogP contribution in [0.2, 0.25) is 0 Å². The molecular formula is C19H18N2O2S. The topological polar surface area (TPSA) is 44.1 Å². The van der Waals surface area contributed by atoms with E-state index in [1.807, 2.05) is 30.3 Å². The number of hydrogen-bond donors (Lipinski definition) is 0. The van der Waals surface area contributed by atoms with Gasteiger partial charge in [0, 0.05) is 24.2 Å². The maximum atomic E-state index is 12.7. The largest absolute Gasteiger partial charge is 0.497 e. The van der Waals surface area contributed by atoms with Crippen LogP contribution < -0.4 is 10.3 Å². The van der Waals surface area contributed by atoms with Gasteiger partial charge in [-0.3, -0.25) is 9.36 Å². The Hall–Kier alpha value is -2.53. The van der Waals surface area contributed by atoms with Crippen molar-refractivity contribution in [3.05, 3.63) is 82.4 Å². The molecule has 24 heavy (non-hydrogen) atoms. The van der Waals surface area contributed by atoms with Crippen molar-refractivity contribution in [2.45, 2.75) is 17.7 Å². The molecule has 0 aliphatic rings. The van der Waals surface area contributed by atoms with Crippen LogP contribution in [0.3, 0.4) is 0 Å². The van der Waals surface area contributed by atoms with Gasteiger partial charge in [-0.25, -0.2) is 4.98 Å². The maximum absolute atomic E-state index is 12.7. The molecule has 0 saturated carbocycles. The fourth-order valence-corrected chi connectivity index (χ4v) is 3.25. The second-order valence-electron chi connectivity index (χ2n) is 5.39. The zero-order valence-electron chi connectivity index (χ0n) is 13.6. The fourth-order valence-electron chi connectivity index (χ4n) is 2.41. The van der Waals surface area contributed by atoms with Crippen LogP contribution in [0.4, 0.5) is 0 Å². The van der Waals surface area contributed by atoms with E-state index in [2.05, 4.69) is 30.1 Å². The summed E-state index contributed by atoms with van der Waals surface area (Å²) in [6, 6.07) is 15.7. The van der Waals surface area contributed by atoms with E-state index in [0.29, 0.717) is 16.5 Å². The van der Waals surface area contributed by atoms with Gasteiger partial charge in [-0.1, -0.05) is 47.7 Å². The molecule has 1 aromatic heterocycles. The molecule has 0 aliphatic heterocycles. The fraction of sp³-hybridized carbons (Fsp3) is 0.158. The van der Waals surface area contributed by atoms with Gasteiger partial charge in [-0.05, 0) is 24.6 Å². The molecule has 0 aliphatic carbocycles. The lowest BCUT2D eigenvalue weighted by molar-refractivity contribution is 0.414. The molecular weight excluding hydrogens is 320 g/mol. The molecule has 3 aromatic rings. The van der Waals surface area contributed by atoms with Crippen LogP contribution in [0.25, 0.3) is 5.69 Å².